The maximum Gasteiger partial charge on any atom is 0.324 e. The van der Waals surface area contributed by atoms with E-state index >= 15 is 0 Å². The second kappa shape index (κ2) is 18.2. The summed E-state index contributed by atoms with van der Waals surface area (Å²) in [5.41, 5.74) is 15.7. The third kappa shape index (κ3) is 9.33. The van der Waals surface area contributed by atoms with E-state index in [1.165, 1.54) is 12.1 Å². The van der Waals surface area contributed by atoms with Crippen LogP contribution in [-0.4, -0.2) is 33.2 Å². The fourth-order valence-electron chi connectivity index (χ4n) is 7.25. The molecule has 0 aromatic heterocycles. The first-order valence-corrected chi connectivity index (χ1v) is 18.2. The van der Waals surface area contributed by atoms with Gasteiger partial charge in [-0.2, -0.15) is 0 Å². The number of carboxylic acid groups (broad SMARTS) is 2. The standard InChI is InChI=1S/2C23H20FNO3.2ClH/c2*24-20-7-3-1-5-18(20)19-6-2-4-8-21(19)28-17-10-9-15-11-12-23(25,22(26)27)14-16(15)13-17;;/h2*1-10,13H,11-12,14,25H2,(H,26,27);2*1H. The van der Waals surface area contributed by atoms with Crippen molar-refractivity contribution >= 4 is 36.8 Å². The number of hydrogen-bond acceptors (Lipinski definition) is 6. The first-order chi connectivity index (χ1) is 26.9. The number of rotatable bonds is 8. The number of aryl methyl sites for hydroxylation is 2. The largest absolute Gasteiger partial charge is 0.480 e. The predicted octanol–water partition coefficient (Wildman–Crippen LogP) is 9.96. The van der Waals surface area contributed by atoms with Gasteiger partial charge in [-0.3, -0.25) is 9.59 Å². The van der Waals surface area contributed by atoms with Crippen molar-refractivity contribution in [3.8, 4) is 45.3 Å². The summed E-state index contributed by atoms with van der Waals surface area (Å²) >= 11 is 0. The molecular formula is C46H42Cl2F2N2O6. The molecule has 0 spiro atoms. The average molecular weight is 828 g/mol. The molecule has 0 saturated carbocycles. The van der Waals surface area contributed by atoms with Crippen LogP contribution in [0.15, 0.2) is 133 Å². The summed E-state index contributed by atoms with van der Waals surface area (Å²) in [5.74, 6) is -0.434. The van der Waals surface area contributed by atoms with E-state index in [2.05, 4.69) is 0 Å². The summed E-state index contributed by atoms with van der Waals surface area (Å²) in [6, 6.07) is 38.8. The second-order valence-electron chi connectivity index (χ2n) is 14.3. The van der Waals surface area contributed by atoms with Crippen LogP contribution in [0, 0.1) is 11.6 Å². The highest BCUT2D eigenvalue weighted by Crippen LogP contribution is 2.38. The van der Waals surface area contributed by atoms with E-state index in [1.807, 2.05) is 72.8 Å². The Balaban J connectivity index is 0.000000214. The van der Waals surface area contributed by atoms with Crippen molar-refractivity contribution in [1.82, 2.24) is 0 Å². The maximum atomic E-state index is 14.3. The molecule has 2 atom stereocenters. The van der Waals surface area contributed by atoms with Gasteiger partial charge in [0.2, 0.25) is 0 Å². The zero-order chi connectivity index (χ0) is 39.5. The van der Waals surface area contributed by atoms with Gasteiger partial charge >= 0.3 is 11.9 Å². The number of hydrogen-bond donors (Lipinski definition) is 4. The average Bonchev–Trinajstić information content (AvgIpc) is 3.19. The summed E-state index contributed by atoms with van der Waals surface area (Å²) < 4.78 is 40.6. The van der Waals surface area contributed by atoms with Gasteiger partial charge in [-0.1, -0.05) is 84.9 Å². The van der Waals surface area contributed by atoms with E-state index in [-0.39, 0.29) is 49.3 Å². The van der Waals surface area contributed by atoms with Crippen molar-refractivity contribution < 1.29 is 38.1 Å². The number of para-hydroxylation sites is 2. The number of nitrogens with two attached hydrogens (primary N) is 2. The minimum Gasteiger partial charge on any atom is -0.480 e. The van der Waals surface area contributed by atoms with E-state index < -0.39 is 23.0 Å². The molecule has 6 N–H and O–H groups in total. The molecule has 300 valence electrons. The molecule has 0 amide bonds. The second-order valence-corrected chi connectivity index (χ2v) is 14.3. The molecule has 8 nitrogen and oxygen atoms in total. The van der Waals surface area contributed by atoms with Crippen LogP contribution >= 0.6 is 24.8 Å². The minimum absolute atomic E-state index is 0. The maximum absolute atomic E-state index is 14.3. The van der Waals surface area contributed by atoms with Crippen molar-refractivity contribution in [2.75, 3.05) is 0 Å². The summed E-state index contributed by atoms with van der Waals surface area (Å²) in [7, 11) is 0. The number of aliphatic carboxylic acids is 2. The lowest BCUT2D eigenvalue weighted by Gasteiger charge is -2.31. The molecule has 0 bridgehead atoms. The Bertz CT molecular complexity index is 2280. The van der Waals surface area contributed by atoms with E-state index in [4.69, 9.17) is 20.9 Å². The van der Waals surface area contributed by atoms with Crippen molar-refractivity contribution in [2.24, 2.45) is 11.5 Å². The summed E-state index contributed by atoms with van der Waals surface area (Å²) in [6.45, 7) is 0. The van der Waals surface area contributed by atoms with Crippen LogP contribution in [0.1, 0.15) is 35.1 Å². The lowest BCUT2D eigenvalue weighted by atomic mass is 9.78. The Morgan fingerprint density at radius 3 is 1.21 bits per heavy atom. The minimum atomic E-state index is -1.25. The molecule has 6 aromatic carbocycles. The molecule has 0 radical (unpaired) electrons. The third-order valence-electron chi connectivity index (χ3n) is 10.5. The highest BCUT2D eigenvalue weighted by molar-refractivity contribution is 5.85. The monoisotopic (exact) mass is 826 g/mol. The number of fused-ring (bicyclic) bond motifs is 2. The molecule has 0 saturated heterocycles. The van der Waals surface area contributed by atoms with Gasteiger partial charge in [-0.25, -0.2) is 8.78 Å². The van der Waals surface area contributed by atoms with Crippen molar-refractivity contribution in [1.29, 1.82) is 0 Å². The lowest BCUT2D eigenvalue weighted by molar-refractivity contribution is -0.144. The first-order valence-electron chi connectivity index (χ1n) is 18.2. The van der Waals surface area contributed by atoms with E-state index in [0.717, 1.165) is 22.3 Å². The fourth-order valence-corrected chi connectivity index (χ4v) is 7.25. The van der Waals surface area contributed by atoms with Gasteiger partial charge in [0.15, 0.2) is 0 Å². The molecule has 0 heterocycles. The van der Waals surface area contributed by atoms with E-state index in [1.54, 1.807) is 48.5 Å². The summed E-state index contributed by atoms with van der Waals surface area (Å²) in [4.78, 5) is 23.0. The topological polar surface area (TPSA) is 145 Å². The fraction of sp³-hybridized carbons (Fsp3) is 0.174. The smallest absolute Gasteiger partial charge is 0.324 e. The predicted molar refractivity (Wildman–Crippen MR) is 224 cm³/mol. The van der Waals surface area contributed by atoms with Crippen LogP contribution in [0.2, 0.25) is 0 Å². The van der Waals surface area contributed by atoms with Crippen LogP contribution < -0.4 is 20.9 Å². The van der Waals surface area contributed by atoms with Crippen molar-refractivity contribution in [2.45, 2.75) is 49.6 Å². The van der Waals surface area contributed by atoms with Crippen LogP contribution in [0.5, 0.6) is 23.0 Å². The third-order valence-corrected chi connectivity index (χ3v) is 10.5. The molecule has 2 aliphatic rings. The molecule has 2 aliphatic carbocycles. The number of ether oxygens (including phenoxy) is 2. The molecule has 6 aromatic rings. The normalized spacial score (nSPS) is 17.7. The molecule has 58 heavy (non-hydrogen) atoms. The van der Waals surface area contributed by atoms with Gasteiger partial charge in [-0.05, 0) is 96.5 Å². The molecule has 0 aliphatic heterocycles. The van der Waals surface area contributed by atoms with E-state index in [9.17, 15) is 28.6 Å². The van der Waals surface area contributed by atoms with Crippen LogP contribution in [0.3, 0.4) is 0 Å². The molecular weight excluding hydrogens is 785 g/mol. The van der Waals surface area contributed by atoms with E-state index in [0.29, 0.717) is 70.9 Å². The van der Waals surface area contributed by atoms with Gasteiger partial charge < -0.3 is 31.2 Å². The quantitative estimate of drug-likeness (QED) is 0.119. The SMILES string of the molecule is Cl.Cl.NC1(C(=O)O)CCc2ccc(Oc3ccccc3-c3ccccc3F)cc2C1.NC1(C(=O)O)CCc2ccc(Oc3ccccc3-c3ccccc3F)cc2C1. The van der Waals surface area contributed by atoms with Crippen LogP contribution in [-0.2, 0) is 35.3 Å². The molecule has 2 unspecified atom stereocenters. The van der Waals surface area contributed by atoms with Gasteiger partial charge in [0.25, 0.3) is 0 Å². The highest BCUT2D eigenvalue weighted by atomic mass is 35.5. The van der Waals surface area contributed by atoms with Gasteiger partial charge in [0, 0.05) is 35.1 Å². The Hall–Kier alpha value is -5.78. The molecule has 12 heteroatoms. The Kier molecular flexibility index (Phi) is 13.6. The number of benzene rings is 6. The molecule has 8 rings (SSSR count). The van der Waals surface area contributed by atoms with Gasteiger partial charge in [-0.15, -0.1) is 24.8 Å². The van der Waals surface area contributed by atoms with Crippen LogP contribution in [0.25, 0.3) is 22.3 Å². The van der Waals surface area contributed by atoms with Crippen molar-refractivity contribution in [3.05, 3.63) is 167 Å². The van der Waals surface area contributed by atoms with Crippen molar-refractivity contribution in [3.63, 3.8) is 0 Å². The molecule has 0 fully saturated rings. The van der Waals surface area contributed by atoms with Gasteiger partial charge in [0.05, 0.1) is 0 Å². The lowest BCUT2D eigenvalue weighted by Crippen LogP contribution is -2.52. The first kappa shape index (κ1) is 43.3. The number of halogens is 4. The zero-order valence-corrected chi connectivity index (χ0v) is 32.8. The highest BCUT2D eigenvalue weighted by Gasteiger charge is 2.38. The van der Waals surface area contributed by atoms with Gasteiger partial charge in [0.1, 0.15) is 45.7 Å². The Labute approximate surface area is 347 Å². The number of carbonyl (C=O) groups is 2. The Morgan fingerprint density at radius 1 is 0.500 bits per heavy atom. The van der Waals surface area contributed by atoms with Crippen LogP contribution in [0.4, 0.5) is 8.78 Å². The summed E-state index contributed by atoms with van der Waals surface area (Å²) in [5, 5.41) is 18.8. The Morgan fingerprint density at radius 2 is 0.845 bits per heavy atom. The summed E-state index contributed by atoms with van der Waals surface area (Å²) in [6.07, 6.45) is 2.55. The number of carboxylic acids is 2. The zero-order valence-electron chi connectivity index (χ0n) is 31.2.